The summed E-state index contributed by atoms with van der Waals surface area (Å²) in [5.74, 6) is -0.0183. The topological polar surface area (TPSA) is 62.3 Å². The van der Waals surface area contributed by atoms with Gasteiger partial charge in [0.2, 0.25) is 0 Å². The monoisotopic (exact) mass is 183 g/mol. The van der Waals surface area contributed by atoms with E-state index in [-0.39, 0.29) is 6.42 Å². The van der Waals surface area contributed by atoms with Crippen molar-refractivity contribution in [2.75, 3.05) is 6.61 Å². The summed E-state index contributed by atoms with van der Waals surface area (Å²) in [6.07, 6.45) is 3.43. The number of nitrogens with one attached hydrogen (secondary N) is 1. The Morgan fingerprint density at radius 1 is 1.54 bits per heavy atom. The zero-order valence-corrected chi connectivity index (χ0v) is 7.32. The van der Waals surface area contributed by atoms with Crippen LogP contribution < -0.4 is 4.74 Å². The summed E-state index contributed by atoms with van der Waals surface area (Å²) in [6.45, 7) is 0.563. The van der Waals surface area contributed by atoms with Crippen LogP contribution in [0.25, 0.3) is 0 Å². The van der Waals surface area contributed by atoms with Gasteiger partial charge in [-0.1, -0.05) is 0 Å². The van der Waals surface area contributed by atoms with Crippen molar-refractivity contribution in [1.82, 2.24) is 4.98 Å². The lowest BCUT2D eigenvalue weighted by Gasteiger charge is -2.01. The number of H-pyrrole nitrogens is 1. The molecular formula is C9H13NO3. The van der Waals surface area contributed by atoms with E-state index in [1.165, 1.54) is 0 Å². The first-order valence-corrected chi connectivity index (χ1v) is 4.27. The molecule has 0 amide bonds. The molecule has 0 saturated heterocycles. The Morgan fingerprint density at radius 3 is 3.00 bits per heavy atom. The first kappa shape index (κ1) is 9.64. The molecule has 1 heterocycles. The van der Waals surface area contributed by atoms with E-state index in [9.17, 15) is 4.79 Å². The van der Waals surface area contributed by atoms with Crippen LogP contribution in [0.5, 0.6) is 5.88 Å². The molecule has 0 aromatic carbocycles. The number of carboxylic acids is 1. The molecule has 0 aliphatic rings. The third-order valence-electron chi connectivity index (χ3n) is 1.61. The maximum absolute atomic E-state index is 10.1. The molecule has 72 valence electrons. The van der Waals surface area contributed by atoms with Crippen LogP contribution in [-0.2, 0) is 4.79 Å². The minimum atomic E-state index is -0.750. The van der Waals surface area contributed by atoms with Crippen molar-refractivity contribution >= 4 is 5.97 Å². The zero-order chi connectivity index (χ0) is 9.52. The van der Waals surface area contributed by atoms with Crippen molar-refractivity contribution in [2.24, 2.45) is 0 Å². The lowest BCUT2D eigenvalue weighted by Crippen LogP contribution is -2.00. The first-order valence-electron chi connectivity index (χ1n) is 4.27. The molecule has 0 aliphatic heterocycles. The van der Waals surface area contributed by atoms with Crippen LogP contribution in [0.15, 0.2) is 18.3 Å². The Balaban J connectivity index is 1.99. The largest absolute Gasteiger partial charge is 0.481 e. The molecular weight excluding hydrogens is 170 g/mol. The number of ether oxygens (including phenoxy) is 1. The van der Waals surface area contributed by atoms with Crippen LogP contribution in [0.1, 0.15) is 19.3 Å². The quantitative estimate of drug-likeness (QED) is 0.659. The van der Waals surface area contributed by atoms with Gasteiger partial charge >= 0.3 is 5.97 Å². The molecule has 0 saturated carbocycles. The summed E-state index contributed by atoms with van der Waals surface area (Å²) in [7, 11) is 0. The average molecular weight is 183 g/mol. The number of hydrogen-bond donors (Lipinski definition) is 2. The smallest absolute Gasteiger partial charge is 0.303 e. The number of unbranched alkanes of at least 4 members (excludes halogenated alkanes) is 1. The summed E-state index contributed by atoms with van der Waals surface area (Å²) in [4.78, 5) is 13.0. The van der Waals surface area contributed by atoms with Crippen molar-refractivity contribution in [3.05, 3.63) is 18.3 Å². The van der Waals surface area contributed by atoms with Crippen LogP contribution in [0.3, 0.4) is 0 Å². The van der Waals surface area contributed by atoms with Gasteiger partial charge in [-0.15, -0.1) is 0 Å². The number of aliphatic carboxylic acids is 1. The van der Waals surface area contributed by atoms with Gasteiger partial charge in [-0.2, -0.15) is 0 Å². The zero-order valence-electron chi connectivity index (χ0n) is 7.32. The van der Waals surface area contributed by atoms with E-state index in [1.54, 1.807) is 6.20 Å². The van der Waals surface area contributed by atoms with Crippen molar-refractivity contribution < 1.29 is 14.6 Å². The second-order valence-electron chi connectivity index (χ2n) is 2.73. The van der Waals surface area contributed by atoms with E-state index in [1.807, 2.05) is 12.1 Å². The molecule has 0 atom stereocenters. The van der Waals surface area contributed by atoms with Gasteiger partial charge < -0.3 is 14.8 Å². The molecule has 0 radical (unpaired) electrons. The highest BCUT2D eigenvalue weighted by molar-refractivity contribution is 5.66. The fraction of sp³-hybridized carbons (Fsp3) is 0.444. The van der Waals surface area contributed by atoms with Gasteiger partial charge in [0.05, 0.1) is 6.61 Å². The standard InChI is InChI=1S/C9H13NO3/c11-9(12)5-1-2-7-13-8-4-3-6-10-8/h3-4,6,10H,1-2,5,7H2,(H,11,12). The minimum absolute atomic E-state index is 0.216. The lowest BCUT2D eigenvalue weighted by molar-refractivity contribution is -0.137. The Morgan fingerprint density at radius 2 is 2.38 bits per heavy atom. The maximum Gasteiger partial charge on any atom is 0.303 e. The Bertz CT molecular complexity index is 243. The minimum Gasteiger partial charge on any atom is -0.481 e. The fourth-order valence-corrected chi connectivity index (χ4v) is 0.964. The summed E-state index contributed by atoms with van der Waals surface area (Å²) in [6, 6.07) is 3.68. The van der Waals surface area contributed by atoms with E-state index in [2.05, 4.69) is 4.98 Å². The lowest BCUT2D eigenvalue weighted by atomic mass is 10.2. The molecule has 4 heteroatoms. The summed E-state index contributed by atoms with van der Waals surface area (Å²) < 4.78 is 5.28. The first-order chi connectivity index (χ1) is 6.29. The second-order valence-corrected chi connectivity index (χ2v) is 2.73. The van der Waals surface area contributed by atoms with Gasteiger partial charge in [0, 0.05) is 12.6 Å². The predicted octanol–water partition coefficient (Wildman–Crippen LogP) is 1.65. The number of carboxylic acid groups (broad SMARTS) is 1. The number of aromatic nitrogens is 1. The number of carbonyl (C=O) groups is 1. The molecule has 0 unspecified atom stereocenters. The molecule has 1 rings (SSSR count). The summed E-state index contributed by atoms with van der Waals surface area (Å²) in [5.41, 5.74) is 0. The van der Waals surface area contributed by atoms with Gasteiger partial charge in [-0.3, -0.25) is 4.79 Å². The second kappa shape index (κ2) is 5.24. The van der Waals surface area contributed by atoms with Gasteiger partial charge in [0.25, 0.3) is 0 Å². The molecule has 0 aliphatic carbocycles. The van der Waals surface area contributed by atoms with Crippen molar-refractivity contribution in [1.29, 1.82) is 0 Å². The van der Waals surface area contributed by atoms with Gasteiger partial charge in [0.15, 0.2) is 5.88 Å². The highest BCUT2D eigenvalue weighted by atomic mass is 16.5. The maximum atomic E-state index is 10.1. The summed E-state index contributed by atoms with van der Waals surface area (Å²) in [5, 5.41) is 8.35. The van der Waals surface area contributed by atoms with Crippen molar-refractivity contribution in [3.8, 4) is 5.88 Å². The Labute approximate surface area is 76.5 Å². The number of hydrogen-bond acceptors (Lipinski definition) is 2. The van der Waals surface area contributed by atoms with E-state index in [0.717, 1.165) is 12.3 Å². The molecule has 2 N–H and O–H groups in total. The highest BCUT2D eigenvalue weighted by Crippen LogP contribution is 2.05. The van der Waals surface area contributed by atoms with E-state index in [0.29, 0.717) is 13.0 Å². The Kier molecular flexibility index (Phi) is 3.88. The average Bonchev–Trinajstić information content (AvgIpc) is 2.55. The Hall–Kier alpha value is -1.45. The SMILES string of the molecule is O=C(O)CCCCOc1ccc[nH]1. The molecule has 4 nitrogen and oxygen atoms in total. The van der Waals surface area contributed by atoms with Gasteiger partial charge in [0.1, 0.15) is 0 Å². The molecule has 1 aromatic heterocycles. The van der Waals surface area contributed by atoms with Crippen molar-refractivity contribution in [2.45, 2.75) is 19.3 Å². The van der Waals surface area contributed by atoms with Crippen LogP contribution in [-0.4, -0.2) is 22.7 Å². The van der Waals surface area contributed by atoms with Crippen LogP contribution in [0, 0.1) is 0 Å². The number of rotatable bonds is 6. The molecule has 0 fully saturated rings. The van der Waals surface area contributed by atoms with Crippen LogP contribution in [0.4, 0.5) is 0 Å². The molecule has 0 spiro atoms. The van der Waals surface area contributed by atoms with Crippen LogP contribution in [0.2, 0.25) is 0 Å². The van der Waals surface area contributed by atoms with Gasteiger partial charge in [-0.25, -0.2) is 0 Å². The molecule has 0 bridgehead atoms. The van der Waals surface area contributed by atoms with E-state index >= 15 is 0 Å². The molecule has 1 aromatic rings. The van der Waals surface area contributed by atoms with Gasteiger partial charge in [-0.05, 0) is 25.0 Å². The summed E-state index contributed by atoms with van der Waals surface area (Å²) >= 11 is 0. The predicted molar refractivity (Wildman–Crippen MR) is 47.8 cm³/mol. The normalized spacial score (nSPS) is 9.85. The van der Waals surface area contributed by atoms with E-state index < -0.39 is 5.97 Å². The van der Waals surface area contributed by atoms with E-state index in [4.69, 9.17) is 9.84 Å². The third-order valence-corrected chi connectivity index (χ3v) is 1.61. The fourth-order valence-electron chi connectivity index (χ4n) is 0.964. The third kappa shape index (κ3) is 4.20. The van der Waals surface area contributed by atoms with Crippen molar-refractivity contribution in [3.63, 3.8) is 0 Å². The van der Waals surface area contributed by atoms with Crippen LogP contribution >= 0.6 is 0 Å². The highest BCUT2D eigenvalue weighted by Gasteiger charge is 1.97. The molecule has 13 heavy (non-hydrogen) atoms. The number of aromatic amines is 1.